The number of benzene rings is 1. The second-order valence-corrected chi connectivity index (χ2v) is 3.59. The monoisotopic (exact) mass is 242 g/mol. The van der Waals surface area contributed by atoms with Crippen LogP contribution in [-0.2, 0) is 9.59 Å². The summed E-state index contributed by atoms with van der Waals surface area (Å²) in [5, 5.41) is 3.99. The zero-order valence-electron chi connectivity index (χ0n) is 9.34. The van der Waals surface area contributed by atoms with Crippen molar-refractivity contribution in [2.24, 2.45) is 0 Å². The molecule has 0 saturated carbocycles. The van der Waals surface area contributed by atoms with E-state index < -0.39 is 17.8 Å². The lowest BCUT2D eigenvalue weighted by molar-refractivity contribution is -0.124. The summed E-state index contributed by atoms with van der Waals surface area (Å²) in [6, 6.07) is 8.63. The molecule has 1 fully saturated rings. The molecule has 90 valence electrons. The SMILES string of the molecule is O=C1NC(=O)C(=CC=Cc2ccccc2)C(=O)N1. The van der Waals surface area contributed by atoms with Gasteiger partial charge in [0.2, 0.25) is 0 Å². The molecule has 1 aliphatic heterocycles. The predicted molar refractivity (Wildman–Crippen MR) is 65.2 cm³/mol. The number of barbiturate groups is 1. The normalized spacial score (nSPS) is 15.6. The highest BCUT2D eigenvalue weighted by Crippen LogP contribution is 2.04. The Hall–Kier alpha value is -2.69. The number of nitrogens with one attached hydrogen (secondary N) is 2. The molecule has 2 rings (SSSR count). The molecule has 4 amide bonds. The first-order chi connectivity index (χ1) is 8.66. The molecule has 1 aromatic rings. The van der Waals surface area contributed by atoms with E-state index >= 15 is 0 Å². The van der Waals surface area contributed by atoms with Gasteiger partial charge in [0.05, 0.1) is 0 Å². The van der Waals surface area contributed by atoms with Crippen molar-refractivity contribution in [1.29, 1.82) is 0 Å². The first-order valence-corrected chi connectivity index (χ1v) is 5.27. The molecule has 0 radical (unpaired) electrons. The number of allylic oxidation sites excluding steroid dienone is 2. The van der Waals surface area contributed by atoms with Gasteiger partial charge in [-0.05, 0) is 11.6 Å². The Balaban J connectivity index is 2.14. The second kappa shape index (κ2) is 5.09. The number of imide groups is 2. The topological polar surface area (TPSA) is 75.3 Å². The quantitative estimate of drug-likeness (QED) is 0.600. The molecule has 0 aliphatic carbocycles. The summed E-state index contributed by atoms with van der Waals surface area (Å²) in [6.45, 7) is 0. The Labute approximate surface area is 103 Å². The van der Waals surface area contributed by atoms with Crippen LogP contribution in [0.4, 0.5) is 4.79 Å². The zero-order chi connectivity index (χ0) is 13.0. The predicted octanol–water partition coefficient (Wildman–Crippen LogP) is 0.992. The number of carbonyl (C=O) groups excluding carboxylic acids is 3. The Bertz CT molecular complexity index is 537. The average molecular weight is 242 g/mol. The van der Waals surface area contributed by atoms with Gasteiger partial charge >= 0.3 is 6.03 Å². The molecule has 1 aromatic carbocycles. The highest BCUT2D eigenvalue weighted by molar-refractivity contribution is 6.29. The van der Waals surface area contributed by atoms with Gasteiger partial charge in [-0.25, -0.2) is 4.79 Å². The molecule has 2 N–H and O–H groups in total. The number of hydrogen-bond acceptors (Lipinski definition) is 3. The van der Waals surface area contributed by atoms with Gasteiger partial charge in [0.15, 0.2) is 0 Å². The first kappa shape index (κ1) is 11.8. The molecular weight excluding hydrogens is 232 g/mol. The molecule has 1 aliphatic rings. The van der Waals surface area contributed by atoms with Crippen LogP contribution >= 0.6 is 0 Å². The van der Waals surface area contributed by atoms with Crippen LogP contribution in [0, 0.1) is 0 Å². The molecular formula is C13H10N2O3. The van der Waals surface area contributed by atoms with E-state index in [1.165, 1.54) is 6.08 Å². The van der Waals surface area contributed by atoms with E-state index in [9.17, 15) is 14.4 Å². The van der Waals surface area contributed by atoms with Crippen LogP contribution in [0.25, 0.3) is 6.08 Å². The minimum Gasteiger partial charge on any atom is -0.273 e. The molecule has 1 heterocycles. The molecule has 0 bridgehead atoms. The molecule has 0 unspecified atom stereocenters. The molecule has 5 heteroatoms. The summed E-state index contributed by atoms with van der Waals surface area (Å²) in [7, 11) is 0. The first-order valence-electron chi connectivity index (χ1n) is 5.27. The van der Waals surface area contributed by atoms with E-state index in [1.807, 2.05) is 41.0 Å². The van der Waals surface area contributed by atoms with E-state index in [4.69, 9.17) is 0 Å². The third kappa shape index (κ3) is 2.70. The van der Waals surface area contributed by atoms with Crippen LogP contribution in [-0.4, -0.2) is 17.8 Å². The van der Waals surface area contributed by atoms with Gasteiger partial charge in [0.1, 0.15) is 5.57 Å². The van der Waals surface area contributed by atoms with Gasteiger partial charge in [-0.3, -0.25) is 20.2 Å². The highest BCUT2D eigenvalue weighted by Gasteiger charge is 2.26. The van der Waals surface area contributed by atoms with Crippen LogP contribution in [0.5, 0.6) is 0 Å². The van der Waals surface area contributed by atoms with Crippen molar-refractivity contribution in [2.75, 3.05) is 0 Å². The smallest absolute Gasteiger partial charge is 0.273 e. The van der Waals surface area contributed by atoms with Gasteiger partial charge in [0.25, 0.3) is 11.8 Å². The second-order valence-electron chi connectivity index (χ2n) is 3.59. The Morgan fingerprint density at radius 1 is 0.889 bits per heavy atom. The molecule has 0 aromatic heterocycles. The minimum atomic E-state index is -0.797. The summed E-state index contributed by atoms with van der Waals surface area (Å²) in [6.07, 6.45) is 4.70. The van der Waals surface area contributed by atoms with Crippen molar-refractivity contribution >= 4 is 23.9 Å². The van der Waals surface area contributed by atoms with Crippen molar-refractivity contribution in [3.8, 4) is 0 Å². The Morgan fingerprint density at radius 3 is 2.11 bits per heavy atom. The summed E-state index contributed by atoms with van der Waals surface area (Å²) in [4.78, 5) is 33.5. The number of amides is 4. The molecule has 0 atom stereocenters. The summed E-state index contributed by atoms with van der Waals surface area (Å²) < 4.78 is 0. The van der Waals surface area contributed by atoms with Crippen molar-refractivity contribution in [2.45, 2.75) is 0 Å². The maximum Gasteiger partial charge on any atom is 0.328 e. The van der Waals surface area contributed by atoms with Gasteiger partial charge < -0.3 is 0 Å². The lowest BCUT2D eigenvalue weighted by atomic mass is 10.1. The van der Waals surface area contributed by atoms with E-state index in [1.54, 1.807) is 12.2 Å². The summed E-state index contributed by atoms with van der Waals surface area (Å²) >= 11 is 0. The van der Waals surface area contributed by atoms with E-state index in [0.29, 0.717) is 0 Å². The maximum atomic E-state index is 11.4. The molecule has 5 nitrogen and oxygen atoms in total. The number of hydrogen-bond donors (Lipinski definition) is 2. The van der Waals surface area contributed by atoms with Gasteiger partial charge in [-0.2, -0.15) is 0 Å². The van der Waals surface area contributed by atoms with E-state index in [-0.39, 0.29) is 5.57 Å². The fourth-order valence-corrected chi connectivity index (χ4v) is 1.45. The standard InChI is InChI=1S/C13H10N2O3/c16-11-10(12(17)15-13(18)14-11)8-4-7-9-5-2-1-3-6-9/h1-8H,(H2,14,15,16,17,18). The van der Waals surface area contributed by atoms with Gasteiger partial charge in [-0.15, -0.1) is 0 Å². The third-order valence-electron chi connectivity index (χ3n) is 2.29. The van der Waals surface area contributed by atoms with Gasteiger partial charge in [0, 0.05) is 0 Å². The molecule has 0 spiro atoms. The minimum absolute atomic E-state index is 0.0956. The van der Waals surface area contributed by atoms with Crippen molar-refractivity contribution < 1.29 is 14.4 Å². The van der Waals surface area contributed by atoms with Gasteiger partial charge in [-0.1, -0.05) is 42.5 Å². The molecule has 18 heavy (non-hydrogen) atoms. The lowest BCUT2D eigenvalue weighted by Crippen LogP contribution is -2.51. The Kier molecular flexibility index (Phi) is 3.33. The maximum absolute atomic E-state index is 11.4. The zero-order valence-corrected chi connectivity index (χ0v) is 9.34. The van der Waals surface area contributed by atoms with Crippen molar-refractivity contribution in [3.63, 3.8) is 0 Å². The summed E-state index contributed by atoms with van der Waals surface area (Å²) in [5.74, 6) is -1.39. The van der Waals surface area contributed by atoms with Crippen LogP contribution < -0.4 is 10.6 Å². The fraction of sp³-hybridized carbons (Fsp3) is 0. The average Bonchev–Trinajstić information content (AvgIpc) is 2.34. The van der Waals surface area contributed by atoms with E-state index in [2.05, 4.69) is 0 Å². The third-order valence-corrected chi connectivity index (χ3v) is 2.29. The fourth-order valence-electron chi connectivity index (χ4n) is 1.45. The summed E-state index contributed by atoms with van der Waals surface area (Å²) in [5.41, 5.74) is 0.851. The van der Waals surface area contributed by atoms with Crippen LogP contribution in [0.15, 0.2) is 48.1 Å². The number of carbonyl (C=O) groups is 3. The Morgan fingerprint density at radius 2 is 1.50 bits per heavy atom. The largest absolute Gasteiger partial charge is 0.328 e. The number of rotatable bonds is 2. The lowest BCUT2D eigenvalue weighted by Gasteiger charge is -2.12. The van der Waals surface area contributed by atoms with Crippen LogP contribution in [0.2, 0.25) is 0 Å². The molecule has 1 saturated heterocycles. The van der Waals surface area contributed by atoms with Crippen molar-refractivity contribution in [1.82, 2.24) is 10.6 Å². The van der Waals surface area contributed by atoms with E-state index in [0.717, 1.165) is 5.56 Å². The number of urea groups is 1. The van der Waals surface area contributed by atoms with Crippen LogP contribution in [0.1, 0.15) is 5.56 Å². The highest BCUT2D eigenvalue weighted by atomic mass is 16.2. The van der Waals surface area contributed by atoms with Crippen LogP contribution in [0.3, 0.4) is 0 Å². The van der Waals surface area contributed by atoms with Crippen molar-refractivity contribution in [3.05, 3.63) is 53.6 Å².